The summed E-state index contributed by atoms with van der Waals surface area (Å²) in [4.78, 5) is 21.5. The summed E-state index contributed by atoms with van der Waals surface area (Å²) in [7, 11) is 0. The molecular formula is C13H8BrClN2O4. The fraction of sp³-hybridized carbons (Fsp3) is 0. The van der Waals surface area contributed by atoms with Gasteiger partial charge in [-0.25, -0.2) is 4.79 Å². The van der Waals surface area contributed by atoms with Gasteiger partial charge in [-0.05, 0) is 46.3 Å². The molecule has 0 saturated heterocycles. The third kappa shape index (κ3) is 3.50. The van der Waals surface area contributed by atoms with Crippen molar-refractivity contribution < 1.29 is 14.8 Å². The second-order valence-electron chi connectivity index (χ2n) is 4.04. The van der Waals surface area contributed by atoms with Crippen molar-refractivity contribution in [3.8, 4) is 0 Å². The van der Waals surface area contributed by atoms with Gasteiger partial charge in [-0.15, -0.1) is 0 Å². The van der Waals surface area contributed by atoms with E-state index in [1.165, 1.54) is 24.3 Å². The van der Waals surface area contributed by atoms with E-state index in [0.717, 1.165) is 0 Å². The molecule has 2 rings (SSSR count). The topological polar surface area (TPSA) is 92.5 Å². The highest BCUT2D eigenvalue weighted by molar-refractivity contribution is 9.10. The molecule has 2 aromatic carbocycles. The van der Waals surface area contributed by atoms with Gasteiger partial charge in [-0.3, -0.25) is 10.1 Å². The lowest BCUT2D eigenvalue weighted by atomic mass is 10.2. The minimum absolute atomic E-state index is 0.0524. The zero-order valence-electron chi connectivity index (χ0n) is 10.3. The molecule has 8 heteroatoms. The highest BCUT2D eigenvalue weighted by Crippen LogP contribution is 2.31. The zero-order valence-corrected chi connectivity index (χ0v) is 12.7. The number of nitrogens with zero attached hydrogens (tertiary/aromatic N) is 1. The van der Waals surface area contributed by atoms with E-state index >= 15 is 0 Å². The van der Waals surface area contributed by atoms with Crippen LogP contribution in [0.5, 0.6) is 0 Å². The van der Waals surface area contributed by atoms with Gasteiger partial charge in [0, 0.05) is 21.2 Å². The molecule has 0 amide bonds. The van der Waals surface area contributed by atoms with Crippen LogP contribution in [0.1, 0.15) is 10.4 Å². The van der Waals surface area contributed by atoms with Crippen molar-refractivity contribution >= 4 is 50.6 Å². The van der Waals surface area contributed by atoms with E-state index in [4.69, 9.17) is 16.7 Å². The van der Waals surface area contributed by atoms with Crippen molar-refractivity contribution in [1.29, 1.82) is 0 Å². The number of carboxylic acid groups (broad SMARTS) is 1. The number of nitro groups is 1. The van der Waals surface area contributed by atoms with Crippen molar-refractivity contribution in [2.45, 2.75) is 0 Å². The van der Waals surface area contributed by atoms with Gasteiger partial charge in [0.25, 0.3) is 5.69 Å². The Balaban J connectivity index is 2.41. The number of anilines is 2. The summed E-state index contributed by atoms with van der Waals surface area (Å²) in [6.07, 6.45) is 0. The van der Waals surface area contributed by atoms with Gasteiger partial charge in [0.05, 0.1) is 10.5 Å². The van der Waals surface area contributed by atoms with Crippen LogP contribution in [-0.4, -0.2) is 16.0 Å². The second kappa shape index (κ2) is 6.11. The first-order valence-electron chi connectivity index (χ1n) is 5.62. The Morgan fingerprint density at radius 1 is 1.29 bits per heavy atom. The molecule has 6 nitrogen and oxygen atoms in total. The number of nitro benzene ring substituents is 1. The molecular weight excluding hydrogens is 364 g/mol. The molecule has 0 unspecified atom stereocenters. The summed E-state index contributed by atoms with van der Waals surface area (Å²) in [5, 5.41) is 23.1. The molecule has 0 aliphatic rings. The summed E-state index contributed by atoms with van der Waals surface area (Å²) in [6.45, 7) is 0. The van der Waals surface area contributed by atoms with Crippen LogP contribution >= 0.6 is 27.5 Å². The molecule has 0 aliphatic carbocycles. The molecule has 0 bridgehead atoms. The number of halogens is 2. The smallest absolute Gasteiger partial charge is 0.336 e. The minimum atomic E-state index is -1.10. The number of benzene rings is 2. The lowest BCUT2D eigenvalue weighted by Crippen LogP contribution is -2.01. The number of hydrogen-bond acceptors (Lipinski definition) is 4. The summed E-state index contributed by atoms with van der Waals surface area (Å²) < 4.78 is 0.422. The summed E-state index contributed by atoms with van der Waals surface area (Å²) in [5.41, 5.74) is 0.503. The van der Waals surface area contributed by atoms with Crippen LogP contribution < -0.4 is 5.32 Å². The quantitative estimate of drug-likeness (QED) is 0.612. The van der Waals surface area contributed by atoms with Crippen molar-refractivity contribution in [1.82, 2.24) is 0 Å². The molecule has 0 radical (unpaired) electrons. The molecule has 21 heavy (non-hydrogen) atoms. The molecule has 0 spiro atoms. The monoisotopic (exact) mass is 370 g/mol. The fourth-order valence-electron chi connectivity index (χ4n) is 1.68. The molecule has 108 valence electrons. The van der Waals surface area contributed by atoms with E-state index in [1.54, 1.807) is 12.1 Å². The van der Waals surface area contributed by atoms with Crippen molar-refractivity contribution in [3.63, 3.8) is 0 Å². The van der Waals surface area contributed by atoms with Crippen LogP contribution in [0.15, 0.2) is 40.9 Å². The summed E-state index contributed by atoms with van der Waals surface area (Å²) in [6, 6.07) is 8.73. The lowest BCUT2D eigenvalue weighted by molar-refractivity contribution is -0.383. The zero-order chi connectivity index (χ0) is 15.6. The van der Waals surface area contributed by atoms with E-state index in [-0.39, 0.29) is 22.0 Å². The fourth-order valence-corrected chi connectivity index (χ4v) is 2.27. The Bertz CT molecular complexity index is 736. The Kier molecular flexibility index (Phi) is 4.44. The molecule has 0 fully saturated rings. The Morgan fingerprint density at radius 2 is 2.00 bits per heavy atom. The predicted molar refractivity (Wildman–Crippen MR) is 82.5 cm³/mol. The number of rotatable bonds is 4. The first-order chi connectivity index (χ1) is 9.88. The minimum Gasteiger partial charge on any atom is -0.478 e. The highest BCUT2D eigenvalue weighted by atomic mass is 79.9. The first kappa shape index (κ1) is 15.3. The van der Waals surface area contributed by atoms with Gasteiger partial charge < -0.3 is 10.4 Å². The SMILES string of the molecule is O=C(O)c1cc(Nc2ccc(Cl)cc2[N+](=O)[O-])ccc1Br. The van der Waals surface area contributed by atoms with Crippen molar-refractivity contribution in [2.24, 2.45) is 0 Å². The Hall–Kier alpha value is -2.12. The first-order valence-corrected chi connectivity index (χ1v) is 6.79. The van der Waals surface area contributed by atoms with E-state index in [2.05, 4.69) is 21.2 Å². The van der Waals surface area contributed by atoms with Gasteiger partial charge >= 0.3 is 5.97 Å². The van der Waals surface area contributed by atoms with Crippen LogP contribution in [0.3, 0.4) is 0 Å². The molecule has 2 N–H and O–H groups in total. The number of aromatic carboxylic acids is 1. The van der Waals surface area contributed by atoms with Gasteiger partial charge in [0.2, 0.25) is 0 Å². The molecule has 0 atom stereocenters. The van der Waals surface area contributed by atoms with Crippen LogP contribution in [0, 0.1) is 10.1 Å². The largest absolute Gasteiger partial charge is 0.478 e. The van der Waals surface area contributed by atoms with Gasteiger partial charge in [0.1, 0.15) is 5.69 Å². The third-order valence-electron chi connectivity index (χ3n) is 2.63. The summed E-state index contributed by atoms with van der Waals surface area (Å²) in [5.74, 6) is -1.10. The van der Waals surface area contributed by atoms with Gasteiger partial charge in [-0.1, -0.05) is 11.6 Å². The maximum absolute atomic E-state index is 11.1. The molecule has 2 aromatic rings. The Morgan fingerprint density at radius 3 is 2.62 bits per heavy atom. The maximum atomic E-state index is 11.1. The van der Waals surface area contributed by atoms with E-state index < -0.39 is 10.9 Å². The standard InChI is InChI=1S/C13H8BrClN2O4/c14-10-3-2-8(6-9(10)13(18)19)16-11-4-1-7(15)5-12(11)17(20)21/h1-6,16H,(H,18,19). The summed E-state index contributed by atoms with van der Waals surface area (Å²) >= 11 is 8.86. The van der Waals surface area contributed by atoms with Crippen molar-refractivity contribution in [3.05, 3.63) is 61.6 Å². The number of nitrogens with one attached hydrogen (secondary N) is 1. The molecule has 0 heterocycles. The lowest BCUT2D eigenvalue weighted by Gasteiger charge is -2.09. The van der Waals surface area contributed by atoms with Crippen molar-refractivity contribution in [2.75, 3.05) is 5.32 Å². The van der Waals surface area contributed by atoms with E-state index in [9.17, 15) is 14.9 Å². The predicted octanol–water partition coefficient (Wildman–Crippen LogP) is 4.45. The average molecular weight is 372 g/mol. The highest BCUT2D eigenvalue weighted by Gasteiger charge is 2.15. The maximum Gasteiger partial charge on any atom is 0.336 e. The second-order valence-corrected chi connectivity index (χ2v) is 5.33. The van der Waals surface area contributed by atoms with E-state index in [0.29, 0.717) is 10.2 Å². The third-order valence-corrected chi connectivity index (χ3v) is 3.56. The average Bonchev–Trinajstić information content (AvgIpc) is 2.42. The number of hydrogen-bond donors (Lipinski definition) is 2. The normalized spacial score (nSPS) is 10.2. The van der Waals surface area contributed by atoms with E-state index in [1.807, 2.05) is 0 Å². The molecule has 0 aromatic heterocycles. The molecule has 0 saturated carbocycles. The number of carboxylic acids is 1. The van der Waals surface area contributed by atoms with Gasteiger partial charge in [0.15, 0.2) is 0 Å². The molecule has 0 aliphatic heterocycles. The Labute approximate surface area is 132 Å². The van der Waals surface area contributed by atoms with Crippen LogP contribution in [-0.2, 0) is 0 Å². The van der Waals surface area contributed by atoms with Gasteiger partial charge in [-0.2, -0.15) is 0 Å². The number of carbonyl (C=O) groups is 1. The van der Waals surface area contributed by atoms with Crippen LogP contribution in [0.4, 0.5) is 17.1 Å². The van der Waals surface area contributed by atoms with Crippen LogP contribution in [0.2, 0.25) is 5.02 Å². The van der Waals surface area contributed by atoms with Crippen LogP contribution in [0.25, 0.3) is 0 Å².